The van der Waals surface area contributed by atoms with E-state index in [0.717, 1.165) is 12.2 Å². The highest BCUT2D eigenvalue weighted by Gasteiger charge is 2.00. The molecule has 0 aliphatic rings. The van der Waals surface area contributed by atoms with Gasteiger partial charge in [0.05, 0.1) is 5.75 Å². The highest BCUT2D eigenvalue weighted by Crippen LogP contribution is 2.13. The van der Waals surface area contributed by atoms with Crippen molar-refractivity contribution in [3.05, 3.63) is 34.9 Å². The summed E-state index contributed by atoms with van der Waals surface area (Å²) in [6, 6.07) is 6.40. The zero-order valence-corrected chi connectivity index (χ0v) is 9.93. The number of carboxylic acid groups (broad SMARTS) is 1. The van der Waals surface area contributed by atoms with Gasteiger partial charge in [-0.2, -0.15) is 0 Å². The van der Waals surface area contributed by atoms with Crippen LogP contribution in [-0.4, -0.2) is 22.6 Å². The molecule has 82 valence electrons. The Morgan fingerprint density at radius 3 is 2.73 bits per heavy atom. The monoisotopic (exact) mass is 224 g/mol. The minimum atomic E-state index is -0.736. The molecule has 0 fully saturated rings. The van der Waals surface area contributed by atoms with E-state index in [-0.39, 0.29) is 5.75 Å². The van der Waals surface area contributed by atoms with E-state index >= 15 is 0 Å². The van der Waals surface area contributed by atoms with Crippen LogP contribution >= 0.6 is 11.8 Å². The molecule has 0 aliphatic carbocycles. The summed E-state index contributed by atoms with van der Waals surface area (Å²) in [7, 11) is 0. The number of aryl methyl sites for hydroxylation is 3. The summed E-state index contributed by atoms with van der Waals surface area (Å²) < 4.78 is 0. The molecule has 0 amide bonds. The van der Waals surface area contributed by atoms with E-state index in [9.17, 15) is 4.79 Å². The molecule has 0 unspecified atom stereocenters. The summed E-state index contributed by atoms with van der Waals surface area (Å²) in [6.45, 7) is 4.18. The van der Waals surface area contributed by atoms with Crippen LogP contribution in [0.25, 0.3) is 0 Å². The second-order valence-corrected chi connectivity index (χ2v) is 4.73. The minimum Gasteiger partial charge on any atom is -0.481 e. The van der Waals surface area contributed by atoms with Gasteiger partial charge in [0.1, 0.15) is 0 Å². The molecule has 0 aromatic heterocycles. The number of hydrogen-bond donors (Lipinski definition) is 1. The smallest absolute Gasteiger partial charge is 0.313 e. The van der Waals surface area contributed by atoms with Gasteiger partial charge in [0.2, 0.25) is 0 Å². The number of aliphatic carboxylic acids is 1. The third-order valence-corrected chi connectivity index (χ3v) is 3.18. The van der Waals surface area contributed by atoms with Crippen LogP contribution in [0.2, 0.25) is 0 Å². The lowest BCUT2D eigenvalue weighted by molar-refractivity contribution is -0.133. The fourth-order valence-electron chi connectivity index (χ4n) is 1.47. The zero-order chi connectivity index (χ0) is 11.3. The van der Waals surface area contributed by atoms with E-state index in [2.05, 4.69) is 32.0 Å². The first-order chi connectivity index (χ1) is 7.09. The van der Waals surface area contributed by atoms with Crippen LogP contribution in [-0.2, 0) is 11.2 Å². The summed E-state index contributed by atoms with van der Waals surface area (Å²) >= 11 is 1.47. The van der Waals surface area contributed by atoms with Crippen LogP contribution in [0.15, 0.2) is 18.2 Å². The van der Waals surface area contributed by atoms with Gasteiger partial charge in [-0.05, 0) is 37.1 Å². The Morgan fingerprint density at radius 1 is 1.40 bits per heavy atom. The number of rotatable bonds is 5. The van der Waals surface area contributed by atoms with Crippen molar-refractivity contribution < 1.29 is 9.90 Å². The average molecular weight is 224 g/mol. The van der Waals surface area contributed by atoms with E-state index < -0.39 is 5.97 Å². The summed E-state index contributed by atoms with van der Waals surface area (Å²) in [4.78, 5) is 10.3. The van der Waals surface area contributed by atoms with Gasteiger partial charge in [-0.3, -0.25) is 4.79 Å². The lowest BCUT2D eigenvalue weighted by Gasteiger charge is -2.05. The topological polar surface area (TPSA) is 37.3 Å². The molecule has 0 bridgehead atoms. The standard InChI is InChI=1S/C12H16O2S/c1-9-3-4-11(10(2)7-9)5-6-15-8-12(13)14/h3-4,7H,5-6,8H2,1-2H3,(H,13,14). The second kappa shape index (κ2) is 5.81. The second-order valence-electron chi connectivity index (χ2n) is 3.63. The first kappa shape index (κ1) is 12.1. The maximum absolute atomic E-state index is 10.3. The van der Waals surface area contributed by atoms with Crippen molar-refractivity contribution in [3.8, 4) is 0 Å². The molecular weight excluding hydrogens is 208 g/mol. The fourth-order valence-corrected chi connectivity index (χ4v) is 2.15. The molecule has 15 heavy (non-hydrogen) atoms. The fraction of sp³-hybridized carbons (Fsp3) is 0.417. The molecule has 0 radical (unpaired) electrons. The summed E-state index contributed by atoms with van der Waals surface area (Å²) in [5.41, 5.74) is 3.89. The largest absolute Gasteiger partial charge is 0.481 e. The predicted octanol–water partition coefficient (Wildman–Crippen LogP) is 2.66. The molecule has 0 saturated carbocycles. The first-order valence-corrected chi connectivity index (χ1v) is 6.10. The molecule has 0 saturated heterocycles. The van der Waals surface area contributed by atoms with Crippen LogP contribution in [0.5, 0.6) is 0 Å². The lowest BCUT2D eigenvalue weighted by Crippen LogP contribution is -2.00. The van der Waals surface area contributed by atoms with Gasteiger partial charge in [-0.15, -0.1) is 11.8 Å². The Kier molecular flexibility index (Phi) is 4.69. The number of hydrogen-bond acceptors (Lipinski definition) is 2. The van der Waals surface area contributed by atoms with Gasteiger partial charge in [0.25, 0.3) is 0 Å². The van der Waals surface area contributed by atoms with Crippen molar-refractivity contribution in [2.24, 2.45) is 0 Å². The van der Waals surface area contributed by atoms with Crippen molar-refractivity contribution in [2.45, 2.75) is 20.3 Å². The maximum Gasteiger partial charge on any atom is 0.313 e. The van der Waals surface area contributed by atoms with Crippen molar-refractivity contribution in [1.82, 2.24) is 0 Å². The van der Waals surface area contributed by atoms with Gasteiger partial charge in [0, 0.05) is 0 Å². The van der Waals surface area contributed by atoms with E-state index in [1.165, 1.54) is 28.5 Å². The molecule has 2 nitrogen and oxygen atoms in total. The van der Waals surface area contributed by atoms with Crippen molar-refractivity contribution >= 4 is 17.7 Å². The van der Waals surface area contributed by atoms with Crippen LogP contribution in [0.3, 0.4) is 0 Å². The number of thioether (sulfide) groups is 1. The van der Waals surface area contributed by atoms with Gasteiger partial charge in [0.15, 0.2) is 0 Å². The Balaban J connectivity index is 2.40. The number of carboxylic acids is 1. The van der Waals surface area contributed by atoms with Crippen molar-refractivity contribution in [3.63, 3.8) is 0 Å². The van der Waals surface area contributed by atoms with E-state index in [0.29, 0.717) is 0 Å². The predicted molar refractivity (Wildman–Crippen MR) is 64.6 cm³/mol. The SMILES string of the molecule is Cc1ccc(CCSCC(=O)O)c(C)c1. The Labute approximate surface area is 94.7 Å². The van der Waals surface area contributed by atoms with Gasteiger partial charge in [-0.25, -0.2) is 0 Å². The maximum atomic E-state index is 10.3. The molecule has 1 rings (SSSR count). The molecule has 3 heteroatoms. The van der Waals surface area contributed by atoms with Gasteiger partial charge < -0.3 is 5.11 Å². The van der Waals surface area contributed by atoms with E-state index in [1.807, 2.05) is 0 Å². The molecule has 0 heterocycles. The Bertz CT molecular complexity index is 347. The van der Waals surface area contributed by atoms with E-state index in [4.69, 9.17) is 5.11 Å². The zero-order valence-electron chi connectivity index (χ0n) is 9.12. The third-order valence-electron chi connectivity index (χ3n) is 2.24. The molecule has 0 spiro atoms. The lowest BCUT2D eigenvalue weighted by atomic mass is 10.0. The molecule has 1 aromatic rings. The third kappa shape index (κ3) is 4.38. The van der Waals surface area contributed by atoms with Crippen molar-refractivity contribution in [1.29, 1.82) is 0 Å². The van der Waals surface area contributed by atoms with E-state index in [1.54, 1.807) is 0 Å². The molecule has 0 atom stereocenters. The highest BCUT2D eigenvalue weighted by molar-refractivity contribution is 7.99. The highest BCUT2D eigenvalue weighted by atomic mass is 32.2. The Hall–Kier alpha value is -0.960. The molecule has 1 N–H and O–H groups in total. The summed E-state index contributed by atoms with van der Waals surface area (Å²) in [5.74, 6) is 0.335. The molecule has 0 aliphatic heterocycles. The number of carbonyl (C=O) groups is 1. The van der Waals surface area contributed by atoms with Gasteiger partial charge in [-0.1, -0.05) is 23.8 Å². The average Bonchev–Trinajstić information content (AvgIpc) is 2.14. The van der Waals surface area contributed by atoms with Crippen molar-refractivity contribution in [2.75, 3.05) is 11.5 Å². The molecular formula is C12H16O2S. The number of benzene rings is 1. The molecule has 1 aromatic carbocycles. The summed E-state index contributed by atoms with van der Waals surface area (Å²) in [6.07, 6.45) is 0.948. The quantitative estimate of drug-likeness (QED) is 0.781. The first-order valence-electron chi connectivity index (χ1n) is 4.95. The Morgan fingerprint density at radius 2 is 2.13 bits per heavy atom. The van der Waals surface area contributed by atoms with Gasteiger partial charge >= 0.3 is 5.97 Å². The van der Waals surface area contributed by atoms with Crippen LogP contribution in [0.1, 0.15) is 16.7 Å². The summed E-state index contributed by atoms with van der Waals surface area (Å²) in [5, 5.41) is 8.48. The van der Waals surface area contributed by atoms with Crippen LogP contribution < -0.4 is 0 Å². The van der Waals surface area contributed by atoms with Crippen LogP contribution in [0.4, 0.5) is 0 Å². The minimum absolute atomic E-state index is 0.199. The normalized spacial score (nSPS) is 10.3. The van der Waals surface area contributed by atoms with Crippen LogP contribution in [0, 0.1) is 13.8 Å².